The SMILES string of the molecule is CCC(C)N1CCC(c2c[nH]c3ccc(C(=O)c4ccccc4N(C)C)cc23)CC1. The molecule has 0 bridgehead atoms. The van der Waals surface area contributed by atoms with Gasteiger partial charge in [-0.05, 0) is 81.1 Å². The molecule has 1 atom stereocenters. The van der Waals surface area contributed by atoms with Crippen LogP contribution in [0.5, 0.6) is 0 Å². The number of anilines is 1. The topological polar surface area (TPSA) is 39.3 Å². The number of rotatable bonds is 6. The number of carbonyl (C=O) groups excluding carboxylic acids is 1. The zero-order valence-electron chi connectivity index (χ0n) is 18.6. The summed E-state index contributed by atoms with van der Waals surface area (Å²) in [4.78, 5) is 21.4. The van der Waals surface area contributed by atoms with E-state index in [1.54, 1.807) is 0 Å². The first-order chi connectivity index (χ1) is 14.5. The van der Waals surface area contributed by atoms with Crippen LogP contribution < -0.4 is 4.90 Å². The number of benzene rings is 2. The quantitative estimate of drug-likeness (QED) is 0.557. The monoisotopic (exact) mass is 403 g/mol. The van der Waals surface area contributed by atoms with Gasteiger partial charge in [0.25, 0.3) is 0 Å². The number of piperidine rings is 1. The van der Waals surface area contributed by atoms with E-state index in [4.69, 9.17) is 0 Å². The minimum atomic E-state index is 0.0833. The van der Waals surface area contributed by atoms with Gasteiger partial charge in [-0.2, -0.15) is 0 Å². The highest BCUT2D eigenvalue weighted by atomic mass is 16.1. The molecule has 1 aromatic heterocycles. The van der Waals surface area contributed by atoms with Crippen LogP contribution >= 0.6 is 0 Å². The second-order valence-electron chi connectivity index (χ2n) is 8.81. The van der Waals surface area contributed by atoms with Crippen molar-refractivity contribution in [1.82, 2.24) is 9.88 Å². The van der Waals surface area contributed by atoms with Crippen LogP contribution in [0.25, 0.3) is 10.9 Å². The number of hydrogen-bond donors (Lipinski definition) is 1. The molecule has 2 heterocycles. The number of likely N-dealkylation sites (tertiary alicyclic amines) is 1. The fourth-order valence-electron chi connectivity index (χ4n) is 4.74. The zero-order valence-corrected chi connectivity index (χ0v) is 18.6. The molecule has 4 heteroatoms. The molecule has 0 radical (unpaired) electrons. The third-order valence-electron chi connectivity index (χ3n) is 6.79. The molecule has 1 aliphatic heterocycles. The lowest BCUT2D eigenvalue weighted by molar-refractivity contribution is 0.103. The summed E-state index contributed by atoms with van der Waals surface area (Å²) >= 11 is 0. The van der Waals surface area contributed by atoms with Crippen molar-refractivity contribution in [3.8, 4) is 0 Å². The lowest BCUT2D eigenvalue weighted by Gasteiger charge is -2.35. The Hall–Kier alpha value is -2.59. The maximum absolute atomic E-state index is 13.3. The first kappa shape index (κ1) is 20.7. The first-order valence-electron chi connectivity index (χ1n) is 11.2. The largest absolute Gasteiger partial charge is 0.377 e. The third-order valence-corrected chi connectivity index (χ3v) is 6.79. The van der Waals surface area contributed by atoms with E-state index in [-0.39, 0.29) is 5.78 Å². The van der Waals surface area contributed by atoms with Gasteiger partial charge in [0.1, 0.15) is 0 Å². The van der Waals surface area contributed by atoms with Gasteiger partial charge in [0, 0.05) is 54.1 Å². The van der Waals surface area contributed by atoms with Crippen molar-refractivity contribution in [3.05, 3.63) is 65.4 Å². The van der Waals surface area contributed by atoms with Gasteiger partial charge in [0.05, 0.1) is 0 Å². The molecule has 0 amide bonds. The number of H-pyrrole nitrogens is 1. The molecule has 1 unspecified atom stereocenters. The molecule has 30 heavy (non-hydrogen) atoms. The van der Waals surface area contributed by atoms with Gasteiger partial charge in [-0.15, -0.1) is 0 Å². The molecule has 1 saturated heterocycles. The summed E-state index contributed by atoms with van der Waals surface area (Å²) in [7, 11) is 3.96. The normalized spacial score (nSPS) is 16.7. The van der Waals surface area contributed by atoms with Crippen molar-refractivity contribution in [2.24, 2.45) is 0 Å². The third kappa shape index (κ3) is 3.89. The van der Waals surface area contributed by atoms with E-state index in [1.165, 1.54) is 30.2 Å². The standard InChI is InChI=1S/C26H33N3O/c1-5-18(2)29-14-12-19(13-15-29)23-17-27-24-11-10-20(16-22(23)24)26(30)21-8-6-7-9-25(21)28(3)4/h6-11,16-19,27H,5,12-15H2,1-4H3. The van der Waals surface area contributed by atoms with Crippen molar-refractivity contribution in [1.29, 1.82) is 0 Å². The highest BCUT2D eigenvalue weighted by Crippen LogP contribution is 2.35. The van der Waals surface area contributed by atoms with Crippen molar-refractivity contribution in [2.75, 3.05) is 32.1 Å². The summed E-state index contributed by atoms with van der Waals surface area (Å²) < 4.78 is 0. The number of carbonyl (C=O) groups is 1. The summed E-state index contributed by atoms with van der Waals surface area (Å²) in [5.41, 5.74) is 4.95. The van der Waals surface area contributed by atoms with E-state index < -0.39 is 0 Å². The fraction of sp³-hybridized carbons (Fsp3) is 0.423. The van der Waals surface area contributed by atoms with Crippen LogP contribution in [-0.2, 0) is 0 Å². The average Bonchev–Trinajstić information content (AvgIpc) is 3.21. The Bertz CT molecular complexity index is 1030. The molecule has 0 aliphatic carbocycles. The molecule has 4 nitrogen and oxygen atoms in total. The molecule has 0 spiro atoms. The fourth-order valence-corrected chi connectivity index (χ4v) is 4.74. The number of fused-ring (bicyclic) bond motifs is 1. The molecule has 0 saturated carbocycles. The second kappa shape index (κ2) is 8.65. The molecule has 3 aromatic rings. The van der Waals surface area contributed by atoms with Crippen molar-refractivity contribution in [2.45, 2.75) is 45.1 Å². The number of para-hydroxylation sites is 1. The molecule has 4 rings (SSSR count). The zero-order chi connectivity index (χ0) is 21.3. The number of aromatic nitrogens is 1. The van der Waals surface area contributed by atoms with Crippen LogP contribution in [0.4, 0.5) is 5.69 Å². The van der Waals surface area contributed by atoms with Crippen LogP contribution in [0.3, 0.4) is 0 Å². The second-order valence-corrected chi connectivity index (χ2v) is 8.81. The van der Waals surface area contributed by atoms with Gasteiger partial charge in [-0.25, -0.2) is 0 Å². The van der Waals surface area contributed by atoms with Crippen LogP contribution in [0.1, 0.15) is 60.5 Å². The molecule has 2 aromatic carbocycles. The molecule has 158 valence electrons. The number of aromatic amines is 1. The van der Waals surface area contributed by atoms with E-state index >= 15 is 0 Å². The Morgan fingerprint density at radius 1 is 1.17 bits per heavy atom. The summed E-state index contributed by atoms with van der Waals surface area (Å²) in [5.74, 6) is 0.637. The van der Waals surface area contributed by atoms with E-state index in [0.717, 1.165) is 35.4 Å². The maximum Gasteiger partial charge on any atom is 0.195 e. The minimum absolute atomic E-state index is 0.0833. The van der Waals surface area contributed by atoms with Gasteiger partial charge in [0.2, 0.25) is 0 Å². The Labute approximate surface area is 179 Å². The maximum atomic E-state index is 13.3. The predicted octanol–water partition coefficient (Wildman–Crippen LogP) is 5.44. The van der Waals surface area contributed by atoms with Gasteiger partial charge in [0.15, 0.2) is 5.78 Å². The lowest BCUT2D eigenvalue weighted by Crippen LogP contribution is -2.39. The highest BCUT2D eigenvalue weighted by molar-refractivity contribution is 6.13. The van der Waals surface area contributed by atoms with E-state index in [9.17, 15) is 4.79 Å². The lowest BCUT2D eigenvalue weighted by atomic mass is 9.88. The summed E-state index contributed by atoms with van der Waals surface area (Å²) in [6.07, 6.45) is 5.73. The minimum Gasteiger partial charge on any atom is -0.377 e. The van der Waals surface area contributed by atoms with E-state index in [0.29, 0.717) is 12.0 Å². The molecular formula is C26H33N3O. The Kier molecular flexibility index (Phi) is 5.96. The molecule has 1 N–H and O–H groups in total. The van der Waals surface area contributed by atoms with Gasteiger partial charge >= 0.3 is 0 Å². The predicted molar refractivity (Wildman–Crippen MR) is 126 cm³/mol. The molecule has 1 aliphatic rings. The summed E-state index contributed by atoms with van der Waals surface area (Å²) in [6, 6.07) is 14.6. The van der Waals surface area contributed by atoms with E-state index in [1.807, 2.05) is 49.3 Å². The number of nitrogens with one attached hydrogen (secondary N) is 1. The van der Waals surface area contributed by atoms with Crippen LogP contribution in [0.15, 0.2) is 48.7 Å². The highest BCUT2D eigenvalue weighted by Gasteiger charge is 2.25. The number of ketones is 1. The number of nitrogens with zero attached hydrogens (tertiary/aromatic N) is 2. The van der Waals surface area contributed by atoms with Gasteiger partial charge in [-0.3, -0.25) is 4.79 Å². The van der Waals surface area contributed by atoms with Gasteiger partial charge < -0.3 is 14.8 Å². The van der Waals surface area contributed by atoms with Crippen LogP contribution in [0.2, 0.25) is 0 Å². The Morgan fingerprint density at radius 3 is 2.60 bits per heavy atom. The van der Waals surface area contributed by atoms with Gasteiger partial charge in [-0.1, -0.05) is 19.1 Å². The van der Waals surface area contributed by atoms with Crippen LogP contribution in [-0.4, -0.2) is 48.9 Å². The Morgan fingerprint density at radius 2 is 1.90 bits per heavy atom. The van der Waals surface area contributed by atoms with E-state index in [2.05, 4.69) is 42.1 Å². The molecular weight excluding hydrogens is 370 g/mol. The van der Waals surface area contributed by atoms with Crippen molar-refractivity contribution >= 4 is 22.4 Å². The molecule has 1 fully saturated rings. The van der Waals surface area contributed by atoms with Crippen LogP contribution in [0, 0.1) is 0 Å². The first-order valence-corrected chi connectivity index (χ1v) is 11.2. The summed E-state index contributed by atoms with van der Waals surface area (Å²) in [5, 5.41) is 1.20. The Balaban J connectivity index is 1.62. The smallest absolute Gasteiger partial charge is 0.195 e. The van der Waals surface area contributed by atoms with Crippen molar-refractivity contribution in [3.63, 3.8) is 0 Å². The number of hydrogen-bond acceptors (Lipinski definition) is 3. The average molecular weight is 404 g/mol. The van der Waals surface area contributed by atoms with Crippen molar-refractivity contribution < 1.29 is 4.79 Å². The summed E-state index contributed by atoms with van der Waals surface area (Å²) in [6.45, 7) is 6.90.